The highest BCUT2D eigenvalue weighted by molar-refractivity contribution is 9.10. The van der Waals surface area contributed by atoms with Crippen LogP contribution in [0.1, 0.15) is 20.3 Å². The number of hydrogen-bond acceptors (Lipinski definition) is 2. The molecule has 7 heteroatoms. The summed E-state index contributed by atoms with van der Waals surface area (Å²) in [5.41, 5.74) is -0.960. The minimum atomic E-state index is -4.66. The van der Waals surface area contributed by atoms with E-state index in [9.17, 15) is 23.1 Å². The van der Waals surface area contributed by atoms with E-state index in [0.717, 1.165) is 6.08 Å². The predicted octanol–water partition coefficient (Wildman–Crippen LogP) is 2.60. The monoisotopic (exact) mass is 321 g/mol. The van der Waals surface area contributed by atoms with Gasteiger partial charge in [0.05, 0.1) is 0 Å². The molecule has 0 spiro atoms. The van der Waals surface area contributed by atoms with Crippen molar-refractivity contribution in [1.82, 2.24) is 0 Å². The summed E-state index contributed by atoms with van der Waals surface area (Å²) in [6.45, 7) is 2.94. The molecule has 1 unspecified atom stereocenters. The summed E-state index contributed by atoms with van der Waals surface area (Å²) in [5, 5.41) is 10.3. The van der Waals surface area contributed by atoms with E-state index in [1.54, 1.807) is 0 Å². The minimum absolute atomic E-state index is 0.388. The summed E-state index contributed by atoms with van der Waals surface area (Å²) >= 11 is 7.51. The Morgan fingerprint density at radius 3 is 2.12 bits per heavy atom. The Hall–Kier alpha value is -0.230. The summed E-state index contributed by atoms with van der Waals surface area (Å²) in [6.07, 6.45) is -3.28. The Morgan fingerprint density at radius 1 is 1.38 bits per heavy atom. The molecule has 0 bridgehead atoms. The minimum Gasteiger partial charge on any atom is -0.550 e. The quantitative estimate of drug-likeness (QED) is 0.589. The molecule has 0 saturated heterocycles. The van der Waals surface area contributed by atoms with E-state index in [1.807, 2.05) is 0 Å². The van der Waals surface area contributed by atoms with Gasteiger partial charge in [0.15, 0.2) is 0 Å². The van der Waals surface area contributed by atoms with Crippen LogP contribution in [0.5, 0.6) is 0 Å². The summed E-state index contributed by atoms with van der Waals surface area (Å²) in [4.78, 5) is 10.3. The lowest BCUT2D eigenvalue weighted by atomic mass is 9.89. The van der Waals surface area contributed by atoms with Crippen molar-refractivity contribution in [3.8, 4) is 0 Å². The van der Waals surface area contributed by atoms with Crippen LogP contribution < -0.4 is 5.11 Å². The van der Waals surface area contributed by atoms with Crippen molar-refractivity contribution in [2.75, 3.05) is 0 Å². The van der Waals surface area contributed by atoms with E-state index in [2.05, 4.69) is 15.9 Å². The van der Waals surface area contributed by atoms with Crippen LogP contribution in [0, 0.1) is 5.41 Å². The predicted molar refractivity (Wildman–Crippen MR) is 56.1 cm³/mol. The molecule has 0 aliphatic carbocycles. The van der Waals surface area contributed by atoms with Crippen molar-refractivity contribution in [1.29, 1.82) is 0 Å². The van der Waals surface area contributed by atoms with Crippen molar-refractivity contribution in [2.24, 2.45) is 5.41 Å². The molecule has 0 rings (SSSR count). The van der Waals surface area contributed by atoms with Crippen LogP contribution in [-0.2, 0) is 4.79 Å². The summed E-state index contributed by atoms with van der Waals surface area (Å²) < 4.78 is 34.3. The molecule has 0 aromatic rings. The number of carboxylic acids is 1. The molecule has 0 N–H and O–H groups in total. The number of alkyl halides is 5. The van der Waals surface area contributed by atoms with Crippen LogP contribution in [0.3, 0.4) is 0 Å². The van der Waals surface area contributed by atoms with Gasteiger partial charge < -0.3 is 9.90 Å². The highest BCUT2D eigenvalue weighted by Crippen LogP contribution is 2.43. The molecule has 1 atom stereocenters. The number of aliphatic carboxylic acids is 1. The zero-order chi connectivity index (χ0) is 13.2. The number of carbonyl (C=O) groups excluding carboxylic acids is 1. The van der Waals surface area contributed by atoms with E-state index in [-0.39, 0.29) is 6.42 Å². The molecule has 0 aromatic carbocycles. The average molecular weight is 323 g/mol. The van der Waals surface area contributed by atoms with Crippen LogP contribution in [0.2, 0.25) is 0 Å². The average Bonchev–Trinajstić information content (AvgIpc) is 1.96. The molecule has 2 nitrogen and oxygen atoms in total. The first-order valence-corrected chi connectivity index (χ1v) is 5.39. The van der Waals surface area contributed by atoms with Crippen LogP contribution >= 0.6 is 27.5 Å². The number of carboxylic acid groups (broad SMARTS) is 1. The molecule has 0 radical (unpaired) electrons. The Bertz CT molecular complexity index is 298. The van der Waals surface area contributed by atoms with Crippen molar-refractivity contribution in [3.63, 3.8) is 0 Å². The summed E-state index contributed by atoms with van der Waals surface area (Å²) in [5.74, 6) is -1.34. The first-order valence-electron chi connectivity index (χ1n) is 4.22. The van der Waals surface area contributed by atoms with Gasteiger partial charge in [0.25, 0.3) is 0 Å². The molecule has 0 heterocycles. The number of rotatable bonds is 4. The van der Waals surface area contributed by atoms with Gasteiger partial charge in [0.1, 0.15) is 0 Å². The van der Waals surface area contributed by atoms with Crippen molar-refractivity contribution in [2.45, 2.75) is 30.2 Å². The lowest BCUT2D eigenvalue weighted by molar-refractivity contribution is -0.307. The van der Waals surface area contributed by atoms with Gasteiger partial charge in [-0.15, -0.1) is 0 Å². The molecule has 94 valence electrons. The number of allylic oxidation sites excluding steroid dienone is 2. The number of halogens is 5. The van der Waals surface area contributed by atoms with Crippen LogP contribution in [-0.4, -0.2) is 15.9 Å². The molecule has 0 aliphatic heterocycles. The van der Waals surface area contributed by atoms with Gasteiger partial charge >= 0.3 is 6.18 Å². The van der Waals surface area contributed by atoms with Crippen LogP contribution in [0.25, 0.3) is 0 Å². The van der Waals surface area contributed by atoms with Gasteiger partial charge in [0, 0.05) is 5.97 Å². The highest BCUT2D eigenvalue weighted by Gasteiger charge is 2.50. The molecule has 0 amide bonds. The molecule has 0 saturated carbocycles. The fourth-order valence-electron chi connectivity index (χ4n) is 0.856. The smallest absolute Gasteiger partial charge is 0.421 e. The zero-order valence-corrected chi connectivity index (χ0v) is 10.9. The SMILES string of the molecule is CC(C)(C=CC(Cl)(Br)C(F)(F)F)CC(=O)[O-]. The van der Waals surface area contributed by atoms with E-state index < -0.39 is 21.3 Å². The fourth-order valence-corrected chi connectivity index (χ4v) is 1.05. The zero-order valence-electron chi connectivity index (χ0n) is 8.57. The number of hydrogen-bond donors (Lipinski definition) is 0. The first-order chi connectivity index (χ1) is 6.87. The Kier molecular flexibility index (Phi) is 4.89. The molecular formula is C9H10BrClF3O2-. The van der Waals surface area contributed by atoms with Crippen molar-refractivity contribution >= 4 is 33.5 Å². The van der Waals surface area contributed by atoms with E-state index in [1.165, 1.54) is 13.8 Å². The van der Waals surface area contributed by atoms with Crippen molar-refractivity contribution < 1.29 is 23.1 Å². The summed E-state index contributed by atoms with van der Waals surface area (Å²) in [7, 11) is 0. The third kappa shape index (κ3) is 5.21. The van der Waals surface area contributed by atoms with E-state index in [4.69, 9.17) is 11.6 Å². The first kappa shape index (κ1) is 15.8. The van der Waals surface area contributed by atoms with Gasteiger partial charge in [0.2, 0.25) is 3.78 Å². The summed E-state index contributed by atoms with van der Waals surface area (Å²) in [6, 6.07) is 0. The van der Waals surface area contributed by atoms with Crippen molar-refractivity contribution in [3.05, 3.63) is 12.2 Å². The molecule has 0 aromatic heterocycles. The lowest BCUT2D eigenvalue weighted by Gasteiger charge is -2.24. The van der Waals surface area contributed by atoms with Gasteiger partial charge in [-0.2, -0.15) is 13.2 Å². The second kappa shape index (κ2) is 4.96. The molecule has 0 aliphatic rings. The molecule has 16 heavy (non-hydrogen) atoms. The van der Waals surface area contributed by atoms with Crippen LogP contribution in [0.4, 0.5) is 13.2 Å². The second-order valence-corrected chi connectivity index (χ2v) is 6.29. The second-order valence-electron chi connectivity index (χ2n) is 3.99. The van der Waals surface area contributed by atoms with Gasteiger partial charge in [-0.05, 0) is 17.9 Å². The Morgan fingerprint density at radius 2 is 1.81 bits per heavy atom. The Labute approximate surface area is 105 Å². The van der Waals surface area contributed by atoms with Gasteiger partial charge in [-0.3, -0.25) is 0 Å². The normalized spacial score (nSPS) is 17.4. The largest absolute Gasteiger partial charge is 0.550 e. The topological polar surface area (TPSA) is 40.1 Å². The fraction of sp³-hybridized carbons (Fsp3) is 0.667. The highest BCUT2D eigenvalue weighted by atomic mass is 79.9. The maximum Gasteiger partial charge on any atom is 0.421 e. The van der Waals surface area contributed by atoms with Gasteiger partial charge in [-0.1, -0.05) is 47.5 Å². The molecular weight excluding hydrogens is 312 g/mol. The third-order valence-corrected chi connectivity index (χ3v) is 2.78. The molecule has 0 fully saturated rings. The van der Waals surface area contributed by atoms with Crippen LogP contribution in [0.15, 0.2) is 12.2 Å². The Balaban J connectivity index is 4.78. The van der Waals surface area contributed by atoms with E-state index >= 15 is 0 Å². The third-order valence-electron chi connectivity index (χ3n) is 1.72. The lowest BCUT2D eigenvalue weighted by Crippen LogP contribution is -2.32. The maximum atomic E-state index is 12.3. The maximum absolute atomic E-state index is 12.3. The number of carbonyl (C=O) groups is 1. The standard InChI is InChI=1S/C9H11BrClF3O2/c1-7(2,5-6(15)16)3-4-8(10,11)9(12,13)14/h3-4H,5H2,1-2H3,(H,15,16)/p-1. The van der Waals surface area contributed by atoms with Gasteiger partial charge in [-0.25, -0.2) is 0 Å². The van der Waals surface area contributed by atoms with E-state index in [0.29, 0.717) is 6.08 Å².